The molecule has 0 aliphatic carbocycles. The first-order valence-corrected chi connectivity index (χ1v) is 10.1. The van der Waals surface area contributed by atoms with E-state index in [1.165, 1.54) is 5.56 Å². The third kappa shape index (κ3) is 3.18. The van der Waals surface area contributed by atoms with Crippen LogP contribution in [0.1, 0.15) is 29.7 Å². The molecule has 1 aromatic heterocycles. The molecule has 7 heteroatoms. The van der Waals surface area contributed by atoms with Crippen LogP contribution >= 0.6 is 0 Å². The summed E-state index contributed by atoms with van der Waals surface area (Å²) in [6.45, 7) is 4.73. The molecule has 7 nitrogen and oxygen atoms in total. The molecular formula is C21H26N4O3. The van der Waals surface area contributed by atoms with E-state index in [1.54, 1.807) is 0 Å². The number of fused-ring (bicyclic) bond motifs is 3. The minimum absolute atomic E-state index is 0.190. The van der Waals surface area contributed by atoms with E-state index >= 15 is 0 Å². The first kappa shape index (κ1) is 17.7. The van der Waals surface area contributed by atoms with Crippen LogP contribution in [0.2, 0.25) is 0 Å². The molecule has 28 heavy (non-hydrogen) atoms. The SMILES string of the molecule is O=C(CN1CCOc2ccccc2C1)N1CCC2(CC1)OCCc1cn[nH]c12. The van der Waals surface area contributed by atoms with Gasteiger partial charge in [0.2, 0.25) is 5.91 Å². The van der Waals surface area contributed by atoms with Gasteiger partial charge < -0.3 is 14.4 Å². The lowest BCUT2D eigenvalue weighted by Crippen LogP contribution is -2.50. The number of nitrogens with one attached hydrogen (secondary N) is 1. The number of aromatic amines is 1. The molecule has 1 amide bonds. The molecule has 1 saturated heterocycles. The summed E-state index contributed by atoms with van der Waals surface area (Å²) in [6, 6.07) is 8.08. The number of H-pyrrole nitrogens is 1. The minimum Gasteiger partial charge on any atom is -0.492 e. The number of nitrogens with zero attached hydrogens (tertiary/aromatic N) is 3. The molecule has 3 aliphatic heterocycles. The molecule has 0 unspecified atom stereocenters. The average Bonchev–Trinajstić information content (AvgIpc) is 3.11. The number of ether oxygens (including phenoxy) is 2. The summed E-state index contributed by atoms with van der Waals surface area (Å²) in [6.07, 6.45) is 4.46. The van der Waals surface area contributed by atoms with Crippen LogP contribution in [0.3, 0.4) is 0 Å². The molecule has 0 radical (unpaired) electrons. The molecule has 0 atom stereocenters. The highest BCUT2D eigenvalue weighted by atomic mass is 16.5. The van der Waals surface area contributed by atoms with Crippen molar-refractivity contribution in [1.29, 1.82) is 0 Å². The monoisotopic (exact) mass is 382 g/mol. The van der Waals surface area contributed by atoms with Crippen LogP contribution < -0.4 is 4.74 Å². The number of carbonyl (C=O) groups is 1. The Kier molecular flexibility index (Phi) is 4.56. The highest BCUT2D eigenvalue weighted by molar-refractivity contribution is 5.78. The van der Waals surface area contributed by atoms with Gasteiger partial charge in [-0.25, -0.2) is 0 Å². The van der Waals surface area contributed by atoms with Gasteiger partial charge in [0.1, 0.15) is 18.0 Å². The maximum atomic E-state index is 12.9. The van der Waals surface area contributed by atoms with Gasteiger partial charge in [-0.2, -0.15) is 5.10 Å². The maximum absolute atomic E-state index is 12.9. The molecule has 148 valence electrons. The van der Waals surface area contributed by atoms with Crippen molar-refractivity contribution < 1.29 is 14.3 Å². The Balaban J connectivity index is 1.21. The smallest absolute Gasteiger partial charge is 0.236 e. The van der Waals surface area contributed by atoms with E-state index in [0.29, 0.717) is 13.2 Å². The number of carbonyl (C=O) groups excluding carboxylic acids is 1. The van der Waals surface area contributed by atoms with E-state index in [2.05, 4.69) is 21.2 Å². The number of hydrogen-bond acceptors (Lipinski definition) is 5. The summed E-state index contributed by atoms with van der Waals surface area (Å²) < 4.78 is 12.0. The average molecular weight is 382 g/mol. The molecule has 3 aliphatic rings. The Morgan fingerprint density at radius 1 is 1.14 bits per heavy atom. The normalized spacial score (nSPS) is 21.5. The predicted octanol–water partition coefficient (Wildman–Crippen LogP) is 1.69. The zero-order chi connectivity index (χ0) is 19.0. The summed E-state index contributed by atoms with van der Waals surface area (Å²) in [5.41, 5.74) is 3.23. The maximum Gasteiger partial charge on any atom is 0.236 e. The summed E-state index contributed by atoms with van der Waals surface area (Å²) >= 11 is 0. The first-order chi connectivity index (χ1) is 13.7. The van der Waals surface area contributed by atoms with Gasteiger partial charge in [0.15, 0.2) is 0 Å². The lowest BCUT2D eigenvalue weighted by atomic mass is 9.84. The van der Waals surface area contributed by atoms with Crippen LogP contribution in [0.4, 0.5) is 0 Å². The Morgan fingerprint density at radius 3 is 2.89 bits per heavy atom. The zero-order valence-electron chi connectivity index (χ0n) is 16.0. The standard InChI is InChI=1S/C21H26N4O3/c26-19(15-24-10-12-27-18-4-2-1-3-17(18)14-24)25-8-6-21(7-9-25)20-16(5-11-28-21)13-22-23-20/h1-4,13H,5-12,14-15H2,(H,22,23). The lowest BCUT2D eigenvalue weighted by molar-refractivity contribution is -0.142. The number of amides is 1. The number of hydrogen-bond donors (Lipinski definition) is 1. The second kappa shape index (κ2) is 7.22. The van der Waals surface area contributed by atoms with Crippen molar-refractivity contribution in [3.63, 3.8) is 0 Å². The number of benzene rings is 1. The Morgan fingerprint density at radius 2 is 2.00 bits per heavy atom. The van der Waals surface area contributed by atoms with Crippen molar-refractivity contribution in [2.24, 2.45) is 0 Å². The molecule has 1 aromatic carbocycles. The molecule has 5 rings (SSSR count). The Hall–Kier alpha value is -2.38. The summed E-state index contributed by atoms with van der Waals surface area (Å²) in [7, 11) is 0. The molecule has 0 bridgehead atoms. The molecule has 1 fully saturated rings. The topological polar surface area (TPSA) is 70.7 Å². The number of likely N-dealkylation sites (tertiary alicyclic amines) is 1. The molecule has 0 saturated carbocycles. The fourth-order valence-electron chi connectivity index (χ4n) is 4.64. The highest BCUT2D eigenvalue weighted by Gasteiger charge is 2.43. The molecular weight excluding hydrogens is 356 g/mol. The van der Waals surface area contributed by atoms with E-state index in [0.717, 1.165) is 69.1 Å². The van der Waals surface area contributed by atoms with Crippen LogP contribution in [0.5, 0.6) is 5.75 Å². The summed E-state index contributed by atoms with van der Waals surface area (Å²) in [5, 5.41) is 7.35. The third-order valence-electron chi connectivity index (χ3n) is 6.24. The van der Waals surface area contributed by atoms with Crippen molar-refractivity contribution in [2.45, 2.75) is 31.4 Å². The van der Waals surface area contributed by atoms with Crippen molar-refractivity contribution >= 4 is 5.91 Å². The van der Waals surface area contributed by atoms with Crippen LogP contribution in [0.15, 0.2) is 30.5 Å². The zero-order valence-corrected chi connectivity index (χ0v) is 16.0. The fraction of sp³-hybridized carbons (Fsp3) is 0.524. The van der Waals surface area contributed by atoms with Crippen molar-refractivity contribution in [3.8, 4) is 5.75 Å². The number of rotatable bonds is 2. The van der Waals surface area contributed by atoms with Gasteiger partial charge in [-0.15, -0.1) is 0 Å². The fourth-order valence-corrected chi connectivity index (χ4v) is 4.64. The van der Waals surface area contributed by atoms with Crippen LogP contribution in [0, 0.1) is 0 Å². The predicted molar refractivity (Wildman–Crippen MR) is 103 cm³/mol. The number of piperidine rings is 1. The van der Waals surface area contributed by atoms with E-state index in [1.807, 2.05) is 29.3 Å². The third-order valence-corrected chi connectivity index (χ3v) is 6.24. The van der Waals surface area contributed by atoms with Gasteiger partial charge in [-0.05, 0) is 30.9 Å². The van der Waals surface area contributed by atoms with Crippen LogP contribution in [-0.2, 0) is 28.1 Å². The van der Waals surface area contributed by atoms with Crippen LogP contribution in [-0.4, -0.2) is 65.3 Å². The van der Waals surface area contributed by atoms with Gasteiger partial charge in [0, 0.05) is 31.7 Å². The van der Waals surface area contributed by atoms with Crippen molar-refractivity contribution in [3.05, 3.63) is 47.3 Å². The highest BCUT2D eigenvalue weighted by Crippen LogP contribution is 2.40. The second-order valence-electron chi connectivity index (χ2n) is 7.91. The Bertz CT molecular complexity index is 857. The summed E-state index contributed by atoms with van der Waals surface area (Å²) in [5.74, 6) is 1.12. The Labute approximate surface area is 164 Å². The van der Waals surface area contributed by atoms with E-state index in [-0.39, 0.29) is 11.5 Å². The largest absolute Gasteiger partial charge is 0.492 e. The molecule has 1 spiro atoms. The van der Waals surface area contributed by atoms with E-state index in [9.17, 15) is 4.79 Å². The van der Waals surface area contributed by atoms with E-state index in [4.69, 9.17) is 9.47 Å². The van der Waals surface area contributed by atoms with Gasteiger partial charge in [-0.3, -0.25) is 14.8 Å². The van der Waals surface area contributed by atoms with Gasteiger partial charge in [0.25, 0.3) is 0 Å². The molecule has 1 N–H and O–H groups in total. The van der Waals surface area contributed by atoms with Gasteiger partial charge in [0.05, 0.1) is 25.0 Å². The van der Waals surface area contributed by atoms with Crippen molar-refractivity contribution in [2.75, 3.05) is 39.4 Å². The van der Waals surface area contributed by atoms with Gasteiger partial charge in [-0.1, -0.05) is 18.2 Å². The molecule has 4 heterocycles. The first-order valence-electron chi connectivity index (χ1n) is 10.1. The van der Waals surface area contributed by atoms with Gasteiger partial charge >= 0.3 is 0 Å². The van der Waals surface area contributed by atoms with Crippen LogP contribution in [0.25, 0.3) is 0 Å². The molecule has 2 aromatic rings. The minimum atomic E-state index is -0.295. The number of aromatic nitrogens is 2. The second-order valence-corrected chi connectivity index (χ2v) is 7.91. The number of para-hydroxylation sites is 1. The van der Waals surface area contributed by atoms with E-state index < -0.39 is 0 Å². The quantitative estimate of drug-likeness (QED) is 0.856. The lowest BCUT2D eigenvalue weighted by Gasteiger charge is -2.43. The summed E-state index contributed by atoms with van der Waals surface area (Å²) in [4.78, 5) is 17.1. The van der Waals surface area contributed by atoms with Crippen molar-refractivity contribution in [1.82, 2.24) is 20.0 Å².